The molecule has 0 bridgehead atoms. The number of amides is 3. The number of nitrogens with one attached hydrogen (secondary N) is 1. The van der Waals surface area contributed by atoms with Gasteiger partial charge in [0, 0.05) is 4.47 Å². The molecule has 0 unspecified atom stereocenters. The number of halogens is 1. The van der Waals surface area contributed by atoms with Crippen LogP contribution >= 0.6 is 15.9 Å². The normalized spacial score (nSPS) is 20.0. The Bertz CT molecular complexity index is 1060. The number of carbonyl (C=O) groups excluding carboxylic acids is 3. The van der Waals surface area contributed by atoms with Crippen LogP contribution in [0.25, 0.3) is 0 Å². The first-order chi connectivity index (χ1) is 14.4. The fourth-order valence-electron chi connectivity index (χ4n) is 3.45. The molecule has 0 saturated carbocycles. The van der Waals surface area contributed by atoms with Gasteiger partial charge in [-0.15, -0.1) is 0 Å². The Labute approximate surface area is 180 Å². The van der Waals surface area contributed by atoms with E-state index in [0.29, 0.717) is 17.1 Å². The number of ether oxygens (including phenoxy) is 1. The van der Waals surface area contributed by atoms with Crippen LogP contribution in [0, 0.1) is 6.92 Å². The molecule has 1 N–H and O–H groups in total. The lowest BCUT2D eigenvalue weighted by Gasteiger charge is -2.20. The van der Waals surface area contributed by atoms with E-state index < -0.39 is 29.8 Å². The van der Waals surface area contributed by atoms with Crippen molar-refractivity contribution in [2.24, 2.45) is 10.3 Å². The van der Waals surface area contributed by atoms with Gasteiger partial charge in [0.05, 0.1) is 18.5 Å². The van der Waals surface area contributed by atoms with Crippen molar-refractivity contribution >= 4 is 45.0 Å². The summed E-state index contributed by atoms with van der Waals surface area (Å²) in [6.07, 6.45) is 0. The van der Waals surface area contributed by atoms with E-state index in [4.69, 9.17) is 4.74 Å². The molecule has 0 spiro atoms. The van der Waals surface area contributed by atoms with Crippen LogP contribution in [0.2, 0.25) is 0 Å². The number of benzene rings is 2. The summed E-state index contributed by atoms with van der Waals surface area (Å²) in [6, 6.07) is 10.3. The number of rotatable bonds is 5. The fraction of sp³-hybridized carbons (Fsp3) is 0.250. The SMILES string of the molecule is COc1ccc(C)cc1NC(=O)CN1N=N[C@H]2C(=O)N(c3ccc(Br)cc3)C(=O)[C@@H]21. The summed E-state index contributed by atoms with van der Waals surface area (Å²) in [4.78, 5) is 39.4. The predicted octanol–water partition coefficient (Wildman–Crippen LogP) is 2.70. The second-order valence-corrected chi connectivity index (χ2v) is 7.85. The molecule has 2 aromatic rings. The average molecular weight is 472 g/mol. The van der Waals surface area contributed by atoms with Gasteiger partial charge in [0.2, 0.25) is 5.91 Å². The van der Waals surface area contributed by atoms with Crippen LogP contribution in [0.15, 0.2) is 57.3 Å². The van der Waals surface area contributed by atoms with E-state index in [1.54, 1.807) is 36.4 Å². The summed E-state index contributed by atoms with van der Waals surface area (Å²) in [6.45, 7) is 1.67. The first-order valence-electron chi connectivity index (χ1n) is 9.14. The van der Waals surface area contributed by atoms with E-state index in [2.05, 4.69) is 31.6 Å². The van der Waals surface area contributed by atoms with Gasteiger partial charge in [-0.3, -0.25) is 19.4 Å². The molecule has 1 fully saturated rings. The minimum atomic E-state index is -0.956. The van der Waals surface area contributed by atoms with Crippen LogP contribution in [0.3, 0.4) is 0 Å². The largest absolute Gasteiger partial charge is 0.495 e. The molecule has 1 saturated heterocycles. The third-order valence-electron chi connectivity index (χ3n) is 4.88. The molecule has 2 heterocycles. The number of hydrogen-bond donors (Lipinski definition) is 1. The van der Waals surface area contributed by atoms with Crippen molar-refractivity contribution in [3.63, 3.8) is 0 Å². The summed E-state index contributed by atoms with van der Waals surface area (Å²) in [7, 11) is 1.51. The Hall–Kier alpha value is -3.27. The van der Waals surface area contributed by atoms with Crippen molar-refractivity contribution in [2.45, 2.75) is 19.0 Å². The number of hydrogen-bond acceptors (Lipinski definition) is 7. The molecular formula is C20H18BrN5O4. The van der Waals surface area contributed by atoms with Crippen molar-refractivity contribution in [3.05, 3.63) is 52.5 Å². The predicted molar refractivity (Wildman–Crippen MR) is 112 cm³/mol. The van der Waals surface area contributed by atoms with E-state index in [0.717, 1.165) is 14.9 Å². The molecule has 0 aliphatic carbocycles. The van der Waals surface area contributed by atoms with Gasteiger partial charge in [-0.2, -0.15) is 5.11 Å². The first-order valence-corrected chi connectivity index (χ1v) is 9.93. The zero-order valence-electron chi connectivity index (χ0n) is 16.2. The van der Waals surface area contributed by atoms with E-state index in [-0.39, 0.29) is 6.54 Å². The Morgan fingerprint density at radius 3 is 2.60 bits per heavy atom. The number of nitrogens with zero attached hydrogens (tertiary/aromatic N) is 4. The van der Waals surface area contributed by atoms with Crippen LogP contribution in [0.5, 0.6) is 5.75 Å². The van der Waals surface area contributed by atoms with E-state index >= 15 is 0 Å². The zero-order chi connectivity index (χ0) is 21.4. The summed E-state index contributed by atoms with van der Waals surface area (Å²) in [5.74, 6) is -0.804. The smallest absolute Gasteiger partial charge is 0.263 e. The highest BCUT2D eigenvalue weighted by Crippen LogP contribution is 2.32. The van der Waals surface area contributed by atoms with Gasteiger partial charge in [-0.05, 0) is 48.9 Å². The fourth-order valence-corrected chi connectivity index (χ4v) is 3.72. The molecule has 0 aromatic heterocycles. The highest BCUT2D eigenvalue weighted by atomic mass is 79.9. The molecule has 9 nitrogen and oxygen atoms in total. The summed E-state index contributed by atoms with van der Waals surface area (Å²) < 4.78 is 6.09. The summed E-state index contributed by atoms with van der Waals surface area (Å²) >= 11 is 3.33. The highest BCUT2D eigenvalue weighted by Gasteiger charge is 2.55. The maximum Gasteiger partial charge on any atom is 0.263 e. The van der Waals surface area contributed by atoms with E-state index in [1.165, 1.54) is 12.1 Å². The Balaban J connectivity index is 1.49. The summed E-state index contributed by atoms with van der Waals surface area (Å²) in [5.41, 5.74) is 1.92. The van der Waals surface area contributed by atoms with Crippen LogP contribution in [0.1, 0.15) is 5.56 Å². The van der Waals surface area contributed by atoms with Crippen molar-refractivity contribution in [2.75, 3.05) is 23.9 Å². The zero-order valence-corrected chi connectivity index (χ0v) is 17.8. The lowest BCUT2D eigenvalue weighted by molar-refractivity contribution is -0.123. The van der Waals surface area contributed by atoms with E-state index in [9.17, 15) is 14.4 Å². The van der Waals surface area contributed by atoms with Crippen LogP contribution in [-0.4, -0.2) is 48.5 Å². The van der Waals surface area contributed by atoms with Crippen molar-refractivity contribution < 1.29 is 19.1 Å². The Morgan fingerprint density at radius 1 is 1.17 bits per heavy atom. The number of fused-ring (bicyclic) bond motifs is 1. The second kappa shape index (κ2) is 7.86. The van der Waals surface area contributed by atoms with Gasteiger partial charge in [-0.25, -0.2) is 4.90 Å². The standard InChI is InChI=1S/C20H18BrN5O4/c1-11-3-8-15(30-2)14(9-11)22-16(27)10-25-18-17(23-24-25)19(28)26(20(18)29)13-6-4-12(21)5-7-13/h3-9,17-18H,10H2,1-2H3,(H,22,27)/t17-,18-/m1/s1. The number of imide groups is 1. The lowest BCUT2D eigenvalue weighted by Crippen LogP contribution is -2.43. The van der Waals surface area contributed by atoms with Crippen LogP contribution in [-0.2, 0) is 14.4 Å². The van der Waals surface area contributed by atoms with Gasteiger partial charge < -0.3 is 10.1 Å². The molecule has 3 amide bonds. The van der Waals surface area contributed by atoms with Crippen LogP contribution < -0.4 is 15.0 Å². The third kappa shape index (κ3) is 3.54. The molecule has 2 atom stereocenters. The molecule has 154 valence electrons. The van der Waals surface area contributed by atoms with Gasteiger partial charge in [0.1, 0.15) is 12.3 Å². The monoisotopic (exact) mass is 471 g/mol. The molecular weight excluding hydrogens is 454 g/mol. The topological polar surface area (TPSA) is 104 Å². The molecule has 4 rings (SSSR count). The number of anilines is 2. The van der Waals surface area contributed by atoms with Gasteiger partial charge in [-0.1, -0.05) is 27.2 Å². The first kappa shape index (κ1) is 20.0. The van der Waals surface area contributed by atoms with Crippen LogP contribution in [0.4, 0.5) is 11.4 Å². The van der Waals surface area contributed by atoms with Crippen molar-refractivity contribution in [1.82, 2.24) is 5.01 Å². The molecule has 10 heteroatoms. The molecule has 30 heavy (non-hydrogen) atoms. The number of methoxy groups -OCH3 is 1. The van der Waals surface area contributed by atoms with Crippen molar-refractivity contribution in [1.29, 1.82) is 0 Å². The Kier molecular flexibility index (Phi) is 5.25. The highest BCUT2D eigenvalue weighted by molar-refractivity contribution is 9.10. The second-order valence-electron chi connectivity index (χ2n) is 6.93. The molecule has 0 radical (unpaired) electrons. The third-order valence-corrected chi connectivity index (χ3v) is 5.41. The molecule has 2 aliphatic heterocycles. The minimum Gasteiger partial charge on any atom is -0.495 e. The molecule has 2 aromatic carbocycles. The Morgan fingerprint density at radius 2 is 1.90 bits per heavy atom. The maximum atomic E-state index is 13.0. The van der Waals surface area contributed by atoms with Gasteiger partial charge in [0.15, 0.2) is 12.1 Å². The summed E-state index contributed by atoms with van der Waals surface area (Å²) in [5, 5.41) is 11.8. The van der Waals surface area contributed by atoms with E-state index in [1.807, 2.05) is 13.0 Å². The molecule has 2 aliphatic rings. The van der Waals surface area contributed by atoms with Crippen molar-refractivity contribution in [3.8, 4) is 5.75 Å². The number of aryl methyl sites for hydroxylation is 1. The average Bonchev–Trinajstić information content (AvgIpc) is 3.23. The quantitative estimate of drug-likeness (QED) is 0.675. The van der Waals surface area contributed by atoms with Gasteiger partial charge in [0.25, 0.3) is 11.8 Å². The van der Waals surface area contributed by atoms with Gasteiger partial charge >= 0.3 is 0 Å². The maximum absolute atomic E-state index is 13.0. The lowest BCUT2D eigenvalue weighted by atomic mass is 10.1. The minimum absolute atomic E-state index is 0.227. The number of carbonyl (C=O) groups is 3.